The Morgan fingerprint density at radius 1 is 1.08 bits per heavy atom. The number of carbonyl (C=O) groups is 3. The highest BCUT2D eigenvalue weighted by Crippen LogP contribution is 2.39. The number of nitrogens with one attached hydrogen (secondary N) is 2. The molecule has 2 aliphatic heterocycles. The first-order valence-corrected chi connectivity index (χ1v) is 12.8. The van der Waals surface area contributed by atoms with E-state index >= 15 is 0 Å². The molecule has 9 nitrogen and oxygen atoms in total. The summed E-state index contributed by atoms with van der Waals surface area (Å²) in [7, 11) is 0. The number of fused-ring (bicyclic) bond motifs is 1. The molecule has 1 saturated heterocycles. The maximum absolute atomic E-state index is 13.7. The van der Waals surface area contributed by atoms with Crippen LogP contribution in [0, 0.1) is 0 Å². The van der Waals surface area contributed by atoms with E-state index in [0.717, 1.165) is 42.6 Å². The van der Waals surface area contributed by atoms with Gasteiger partial charge in [-0.3, -0.25) is 14.5 Å². The summed E-state index contributed by atoms with van der Waals surface area (Å²) in [6.45, 7) is 3.51. The predicted octanol–water partition coefficient (Wildman–Crippen LogP) is 2.19. The number of hydrogen-bond donors (Lipinski definition) is 3. The first-order valence-electron chi connectivity index (χ1n) is 12.8. The summed E-state index contributed by atoms with van der Waals surface area (Å²) in [5, 5.41) is 15.7. The normalized spacial score (nSPS) is 22.1. The van der Waals surface area contributed by atoms with Gasteiger partial charge in [0.2, 0.25) is 5.91 Å². The van der Waals surface area contributed by atoms with Crippen molar-refractivity contribution in [3.05, 3.63) is 71.3 Å². The lowest BCUT2D eigenvalue weighted by Gasteiger charge is -2.48. The van der Waals surface area contributed by atoms with Gasteiger partial charge in [-0.15, -0.1) is 0 Å². The SMILES string of the molecule is CC1(C(=O)OCc2ccccc2)c2ccccc2CC(NC(=O)COC2CCNCC2)N1CCC(=O)O. The molecule has 2 unspecified atom stereocenters. The minimum atomic E-state index is -1.30. The molecule has 9 heteroatoms. The van der Waals surface area contributed by atoms with Crippen molar-refractivity contribution in [3.8, 4) is 0 Å². The number of rotatable bonds is 10. The summed E-state index contributed by atoms with van der Waals surface area (Å²) < 4.78 is 11.6. The minimum absolute atomic E-state index is 0.0282. The summed E-state index contributed by atoms with van der Waals surface area (Å²) >= 11 is 0. The van der Waals surface area contributed by atoms with E-state index in [0.29, 0.717) is 6.42 Å². The molecule has 2 aromatic rings. The first kappa shape index (κ1) is 26.8. The van der Waals surface area contributed by atoms with Gasteiger partial charge in [-0.1, -0.05) is 54.6 Å². The predicted molar refractivity (Wildman–Crippen MR) is 136 cm³/mol. The summed E-state index contributed by atoms with van der Waals surface area (Å²) in [5.41, 5.74) is 1.20. The smallest absolute Gasteiger partial charge is 0.331 e. The average Bonchev–Trinajstić information content (AvgIpc) is 2.91. The average molecular weight is 510 g/mol. The Balaban J connectivity index is 1.56. The van der Waals surface area contributed by atoms with Crippen LogP contribution in [0.15, 0.2) is 54.6 Å². The Morgan fingerprint density at radius 2 is 1.78 bits per heavy atom. The number of amides is 1. The molecular weight excluding hydrogens is 474 g/mol. The fraction of sp³-hybridized carbons (Fsp3) is 0.464. The Morgan fingerprint density at radius 3 is 2.51 bits per heavy atom. The molecule has 2 atom stereocenters. The van der Waals surface area contributed by atoms with Crippen molar-refractivity contribution >= 4 is 17.8 Å². The van der Waals surface area contributed by atoms with Crippen LogP contribution < -0.4 is 10.6 Å². The Kier molecular flexibility index (Phi) is 8.91. The van der Waals surface area contributed by atoms with Crippen LogP contribution in [0.5, 0.6) is 0 Å². The number of carbonyl (C=O) groups excluding carboxylic acids is 2. The van der Waals surface area contributed by atoms with Crippen LogP contribution in [0.4, 0.5) is 0 Å². The van der Waals surface area contributed by atoms with Gasteiger partial charge in [-0.25, -0.2) is 4.79 Å². The first-order chi connectivity index (χ1) is 17.9. The number of ether oxygens (including phenoxy) is 2. The van der Waals surface area contributed by atoms with E-state index in [2.05, 4.69) is 10.6 Å². The summed E-state index contributed by atoms with van der Waals surface area (Å²) in [6, 6.07) is 16.9. The zero-order valence-electron chi connectivity index (χ0n) is 21.2. The van der Waals surface area contributed by atoms with E-state index in [1.165, 1.54) is 0 Å². The van der Waals surface area contributed by atoms with Gasteiger partial charge in [0.15, 0.2) is 0 Å². The second-order valence-corrected chi connectivity index (χ2v) is 9.68. The van der Waals surface area contributed by atoms with Crippen LogP contribution in [0.1, 0.15) is 42.9 Å². The molecule has 0 saturated carbocycles. The van der Waals surface area contributed by atoms with Crippen LogP contribution in [-0.2, 0) is 42.4 Å². The van der Waals surface area contributed by atoms with Crippen LogP contribution >= 0.6 is 0 Å². The monoisotopic (exact) mass is 509 g/mol. The van der Waals surface area contributed by atoms with E-state index in [1.807, 2.05) is 54.6 Å². The molecule has 2 heterocycles. The van der Waals surface area contributed by atoms with E-state index in [4.69, 9.17) is 9.47 Å². The number of hydrogen-bond acceptors (Lipinski definition) is 7. The van der Waals surface area contributed by atoms with Crippen molar-refractivity contribution < 1.29 is 29.0 Å². The fourth-order valence-electron chi connectivity index (χ4n) is 5.16. The quantitative estimate of drug-likeness (QED) is 0.418. The molecule has 0 bridgehead atoms. The number of piperidine rings is 1. The lowest BCUT2D eigenvalue weighted by molar-refractivity contribution is -0.165. The molecule has 0 aliphatic carbocycles. The minimum Gasteiger partial charge on any atom is -0.481 e. The number of esters is 1. The topological polar surface area (TPSA) is 117 Å². The number of nitrogens with zero attached hydrogens (tertiary/aromatic N) is 1. The molecule has 0 radical (unpaired) electrons. The van der Waals surface area contributed by atoms with Gasteiger partial charge in [0, 0.05) is 13.0 Å². The molecule has 1 amide bonds. The number of carboxylic acid groups (broad SMARTS) is 1. The van der Waals surface area contributed by atoms with E-state index in [1.54, 1.807) is 11.8 Å². The highest BCUT2D eigenvalue weighted by Gasteiger charge is 2.50. The molecule has 3 N–H and O–H groups in total. The van der Waals surface area contributed by atoms with E-state index in [9.17, 15) is 19.5 Å². The molecule has 1 fully saturated rings. The van der Waals surface area contributed by atoms with Gasteiger partial charge in [0.05, 0.1) is 18.7 Å². The maximum atomic E-state index is 13.7. The van der Waals surface area contributed by atoms with Crippen LogP contribution in [0.2, 0.25) is 0 Å². The largest absolute Gasteiger partial charge is 0.481 e. The number of benzene rings is 2. The molecule has 0 spiro atoms. The molecule has 2 aromatic carbocycles. The van der Waals surface area contributed by atoms with Crippen molar-refractivity contribution in [1.82, 2.24) is 15.5 Å². The number of aliphatic carboxylic acids is 1. The molecule has 2 aliphatic rings. The Bertz CT molecular complexity index is 1090. The molecular formula is C28H35N3O6. The highest BCUT2D eigenvalue weighted by atomic mass is 16.5. The van der Waals surface area contributed by atoms with Crippen molar-refractivity contribution in [1.29, 1.82) is 0 Å². The third-order valence-corrected chi connectivity index (χ3v) is 7.15. The van der Waals surface area contributed by atoms with Crippen LogP contribution in [-0.4, -0.2) is 66.4 Å². The lowest BCUT2D eigenvalue weighted by Crippen LogP contribution is -2.64. The van der Waals surface area contributed by atoms with Crippen molar-refractivity contribution in [2.45, 2.75) is 57.0 Å². The van der Waals surface area contributed by atoms with Gasteiger partial charge >= 0.3 is 11.9 Å². The number of carboxylic acids is 1. The third kappa shape index (κ3) is 6.54. The van der Waals surface area contributed by atoms with Crippen LogP contribution in [0.25, 0.3) is 0 Å². The van der Waals surface area contributed by atoms with Gasteiger partial charge in [0.25, 0.3) is 0 Å². The van der Waals surface area contributed by atoms with Crippen LogP contribution in [0.3, 0.4) is 0 Å². The Labute approximate surface area is 217 Å². The zero-order valence-corrected chi connectivity index (χ0v) is 21.2. The molecule has 4 rings (SSSR count). The van der Waals surface area contributed by atoms with Gasteiger partial charge in [-0.2, -0.15) is 0 Å². The second kappa shape index (κ2) is 12.3. The lowest BCUT2D eigenvalue weighted by atomic mass is 9.80. The summed E-state index contributed by atoms with van der Waals surface area (Å²) in [5.74, 6) is -1.79. The molecule has 198 valence electrons. The van der Waals surface area contributed by atoms with Gasteiger partial charge in [-0.05, 0) is 49.5 Å². The van der Waals surface area contributed by atoms with E-state index < -0.39 is 23.6 Å². The highest BCUT2D eigenvalue weighted by molar-refractivity contribution is 5.84. The summed E-state index contributed by atoms with van der Waals surface area (Å²) in [6.07, 6.45) is 1.35. The zero-order chi connectivity index (χ0) is 26.3. The van der Waals surface area contributed by atoms with Crippen molar-refractivity contribution in [3.63, 3.8) is 0 Å². The maximum Gasteiger partial charge on any atom is 0.331 e. The molecule has 37 heavy (non-hydrogen) atoms. The van der Waals surface area contributed by atoms with Gasteiger partial charge in [0.1, 0.15) is 18.8 Å². The third-order valence-electron chi connectivity index (χ3n) is 7.15. The van der Waals surface area contributed by atoms with Gasteiger partial charge < -0.3 is 25.2 Å². The molecule has 0 aromatic heterocycles. The Hall–Kier alpha value is -3.27. The summed E-state index contributed by atoms with van der Waals surface area (Å²) in [4.78, 5) is 39.9. The fourth-order valence-corrected chi connectivity index (χ4v) is 5.16. The van der Waals surface area contributed by atoms with Crippen molar-refractivity contribution in [2.75, 3.05) is 26.2 Å². The second-order valence-electron chi connectivity index (χ2n) is 9.68. The standard InChI is InChI=1S/C28H35N3O6/c1-28(27(35)37-18-20-7-3-2-4-8-20)23-10-6-5-9-21(23)17-24(31(28)16-13-26(33)34)30-25(32)19-36-22-11-14-29-15-12-22/h2-10,22,24,29H,11-19H2,1H3,(H,30,32)(H,33,34). The van der Waals surface area contributed by atoms with E-state index in [-0.39, 0.29) is 38.2 Å². The van der Waals surface area contributed by atoms with Crippen molar-refractivity contribution in [2.24, 2.45) is 0 Å².